The molecule has 0 spiro atoms. The number of carbonyl (C=O) groups is 2. The van der Waals surface area contributed by atoms with Crippen molar-refractivity contribution < 1.29 is 9.59 Å². The molecule has 150 valence electrons. The Balaban J connectivity index is 1.28. The molecule has 1 aliphatic rings. The Labute approximate surface area is 168 Å². The van der Waals surface area contributed by atoms with E-state index in [-0.39, 0.29) is 11.9 Å². The van der Waals surface area contributed by atoms with E-state index in [2.05, 4.69) is 37.6 Å². The van der Waals surface area contributed by atoms with Crippen molar-refractivity contribution in [2.75, 3.05) is 36.4 Å². The minimum Gasteiger partial charge on any atom is -0.368 e. The third-order valence-corrected chi connectivity index (χ3v) is 5.05. The van der Waals surface area contributed by atoms with Crippen molar-refractivity contribution >= 4 is 34.6 Å². The van der Waals surface area contributed by atoms with Crippen molar-refractivity contribution in [3.05, 3.63) is 54.6 Å². The van der Waals surface area contributed by atoms with Crippen LogP contribution in [0.25, 0.3) is 11.0 Å². The summed E-state index contributed by atoms with van der Waals surface area (Å²) in [7, 11) is 0. The van der Waals surface area contributed by atoms with Gasteiger partial charge in [-0.25, -0.2) is 9.78 Å². The topological polar surface area (TPSA) is 93.4 Å². The quantitative estimate of drug-likeness (QED) is 0.636. The van der Waals surface area contributed by atoms with Crippen LogP contribution < -0.4 is 15.5 Å². The summed E-state index contributed by atoms with van der Waals surface area (Å²) in [5.41, 5.74) is 2.78. The molecule has 3 N–H and O–H groups in total. The summed E-state index contributed by atoms with van der Waals surface area (Å²) in [4.78, 5) is 36.3. The maximum absolute atomic E-state index is 12.5. The summed E-state index contributed by atoms with van der Waals surface area (Å²) in [6.07, 6.45) is 0. The van der Waals surface area contributed by atoms with E-state index in [1.807, 2.05) is 42.5 Å². The fourth-order valence-corrected chi connectivity index (χ4v) is 3.39. The zero-order valence-corrected chi connectivity index (χ0v) is 16.3. The summed E-state index contributed by atoms with van der Waals surface area (Å²) in [6, 6.07) is 16.8. The van der Waals surface area contributed by atoms with Gasteiger partial charge in [-0.2, -0.15) is 0 Å². The van der Waals surface area contributed by atoms with Gasteiger partial charge in [-0.1, -0.05) is 30.3 Å². The van der Waals surface area contributed by atoms with E-state index in [4.69, 9.17) is 0 Å². The van der Waals surface area contributed by atoms with Gasteiger partial charge in [0.1, 0.15) is 6.04 Å². The minimum absolute atomic E-state index is 0.232. The van der Waals surface area contributed by atoms with Crippen LogP contribution in [0.1, 0.15) is 6.92 Å². The zero-order valence-electron chi connectivity index (χ0n) is 16.3. The van der Waals surface area contributed by atoms with Crippen molar-refractivity contribution in [1.29, 1.82) is 0 Å². The summed E-state index contributed by atoms with van der Waals surface area (Å²) in [5, 5.41) is 5.49. The summed E-state index contributed by atoms with van der Waals surface area (Å²) < 4.78 is 0. The third kappa shape index (κ3) is 4.31. The summed E-state index contributed by atoms with van der Waals surface area (Å²) >= 11 is 0. The Morgan fingerprint density at radius 1 is 1.00 bits per heavy atom. The molecule has 4 rings (SSSR count). The number of benzene rings is 2. The molecule has 8 nitrogen and oxygen atoms in total. The number of anilines is 2. The predicted molar refractivity (Wildman–Crippen MR) is 113 cm³/mol. The number of hydrogen-bond acceptors (Lipinski definition) is 4. The number of amides is 3. The maximum Gasteiger partial charge on any atom is 0.318 e. The summed E-state index contributed by atoms with van der Waals surface area (Å²) in [6.45, 7) is 4.40. The lowest BCUT2D eigenvalue weighted by molar-refractivity contribution is -0.117. The molecule has 1 aliphatic heterocycles. The highest BCUT2D eigenvalue weighted by Gasteiger charge is 2.24. The molecule has 1 atom stereocenters. The highest BCUT2D eigenvalue weighted by atomic mass is 16.2. The number of aromatic amines is 1. The number of imidazole rings is 1. The molecular weight excluding hydrogens is 368 g/mol. The number of fused-ring (bicyclic) bond motifs is 1. The molecule has 8 heteroatoms. The molecule has 0 aliphatic carbocycles. The molecule has 1 aromatic heterocycles. The van der Waals surface area contributed by atoms with Crippen LogP contribution in [0.3, 0.4) is 0 Å². The van der Waals surface area contributed by atoms with Crippen LogP contribution in [0, 0.1) is 0 Å². The fraction of sp³-hybridized carbons (Fsp3) is 0.286. The van der Waals surface area contributed by atoms with Gasteiger partial charge in [-0.3, -0.25) is 10.1 Å². The highest BCUT2D eigenvalue weighted by molar-refractivity contribution is 5.96. The number of para-hydroxylation sites is 3. The number of nitrogens with one attached hydrogen (secondary N) is 3. The van der Waals surface area contributed by atoms with Crippen LogP contribution in [0.15, 0.2) is 54.6 Å². The van der Waals surface area contributed by atoms with Crippen LogP contribution in [0.5, 0.6) is 0 Å². The Morgan fingerprint density at radius 2 is 1.69 bits per heavy atom. The van der Waals surface area contributed by atoms with E-state index in [9.17, 15) is 9.59 Å². The molecule has 0 bridgehead atoms. The third-order valence-electron chi connectivity index (χ3n) is 5.05. The maximum atomic E-state index is 12.5. The van der Waals surface area contributed by atoms with Gasteiger partial charge in [0, 0.05) is 31.9 Å². The van der Waals surface area contributed by atoms with Crippen LogP contribution >= 0.6 is 0 Å². The zero-order chi connectivity index (χ0) is 20.2. The number of aromatic nitrogens is 2. The normalized spacial score (nSPS) is 15.2. The van der Waals surface area contributed by atoms with Crippen molar-refractivity contribution in [3.8, 4) is 0 Å². The van der Waals surface area contributed by atoms with Crippen molar-refractivity contribution in [2.24, 2.45) is 0 Å². The van der Waals surface area contributed by atoms with E-state index >= 15 is 0 Å². The number of nitrogens with zero attached hydrogens (tertiary/aromatic N) is 3. The molecular formula is C21H24N6O2. The van der Waals surface area contributed by atoms with Gasteiger partial charge in [-0.15, -0.1) is 0 Å². The monoisotopic (exact) mass is 392 g/mol. The van der Waals surface area contributed by atoms with Crippen LogP contribution in [-0.2, 0) is 4.79 Å². The molecule has 1 saturated heterocycles. The average Bonchev–Trinajstić information content (AvgIpc) is 3.16. The van der Waals surface area contributed by atoms with Crippen molar-refractivity contribution in [2.45, 2.75) is 13.0 Å². The SMILES string of the molecule is CC(NC(=O)N1CCN(c2ccccc2)CC1)C(=O)Nc1nc2ccccc2[nH]1. The Kier molecular flexibility index (Phi) is 5.33. The highest BCUT2D eigenvalue weighted by Crippen LogP contribution is 2.16. The van der Waals surface area contributed by atoms with E-state index in [1.54, 1.807) is 11.8 Å². The second kappa shape index (κ2) is 8.22. The summed E-state index contributed by atoms with van der Waals surface area (Å²) in [5.74, 6) is 0.0501. The second-order valence-electron chi connectivity index (χ2n) is 7.07. The average molecular weight is 392 g/mol. The van der Waals surface area contributed by atoms with Gasteiger partial charge in [-0.05, 0) is 31.2 Å². The molecule has 1 fully saturated rings. The van der Waals surface area contributed by atoms with E-state index in [1.165, 1.54) is 0 Å². The number of hydrogen-bond donors (Lipinski definition) is 3. The van der Waals surface area contributed by atoms with Crippen molar-refractivity contribution in [1.82, 2.24) is 20.2 Å². The van der Waals surface area contributed by atoms with Crippen molar-refractivity contribution in [3.63, 3.8) is 0 Å². The first-order valence-corrected chi connectivity index (χ1v) is 9.71. The lowest BCUT2D eigenvalue weighted by atomic mass is 10.2. The minimum atomic E-state index is -0.678. The van der Waals surface area contributed by atoms with Gasteiger partial charge in [0.2, 0.25) is 11.9 Å². The molecule has 2 heterocycles. The lowest BCUT2D eigenvalue weighted by Gasteiger charge is -2.36. The fourth-order valence-electron chi connectivity index (χ4n) is 3.39. The number of piperazine rings is 1. The first-order valence-electron chi connectivity index (χ1n) is 9.71. The number of urea groups is 1. The molecule has 3 amide bonds. The van der Waals surface area contributed by atoms with E-state index < -0.39 is 6.04 Å². The number of H-pyrrole nitrogens is 1. The van der Waals surface area contributed by atoms with E-state index in [0.29, 0.717) is 19.0 Å². The second-order valence-corrected chi connectivity index (χ2v) is 7.07. The largest absolute Gasteiger partial charge is 0.368 e. The van der Waals surface area contributed by atoms with Gasteiger partial charge in [0.05, 0.1) is 11.0 Å². The standard InChI is InChI=1S/C21H24N6O2/c1-15(19(28)25-20-23-17-9-5-6-10-18(17)24-20)22-21(29)27-13-11-26(12-14-27)16-7-3-2-4-8-16/h2-10,15H,11-14H2,1H3,(H,22,29)(H2,23,24,25,28). The first kappa shape index (κ1) is 18.8. The Bertz CT molecular complexity index is 962. The van der Waals surface area contributed by atoms with Crippen LogP contribution in [0.2, 0.25) is 0 Å². The smallest absolute Gasteiger partial charge is 0.318 e. The van der Waals surface area contributed by atoms with Crippen LogP contribution in [0.4, 0.5) is 16.4 Å². The van der Waals surface area contributed by atoms with Crippen LogP contribution in [-0.4, -0.2) is 59.0 Å². The molecule has 29 heavy (non-hydrogen) atoms. The van der Waals surface area contributed by atoms with Gasteiger partial charge in [0.15, 0.2) is 0 Å². The first-order chi connectivity index (χ1) is 14.1. The van der Waals surface area contributed by atoms with Gasteiger partial charge < -0.3 is 20.1 Å². The van der Waals surface area contributed by atoms with Gasteiger partial charge >= 0.3 is 6.03 Å². The molecule has 0 radical (unpaired) electrons. The van der Waals surface area contributed by atoms with E-state index in [0.717, 1.165) is 29.8 Å². The molecule has 1 unspecified atom stereocenters. The number of rotatable bonds is 4. The number of carbonyl (C=O) groups excluding carboxylic acids is 2. The Morgan fingerprint density at radius 3 is 2.41 bits per heavy atom. The molecule has 0 saturated carbocycles. The molecule has 3 aromatic rings. The lowest BCUT2D eigenvalue weighted by Crippen LogP contribution is -2.54. The van der Waals surface area contributed by atoms with Gasteiger partial charge in [0.25, 0.3) is 0 Å². The molecule has 2 aromatic carbocycles. The predicted octanol–water partition coefficient (Wildman–Crippen LogP) is 2.42. The Hall–Kier alpha value is -3.55.